The quantitative estimate of drug-likeness (QED) is 0.589. The van der Waals surface area contributed by atoms with E-state index in [9.17, 15) is 9.32 Å². The molecule has 1 atom stereocenters. The van der Waals surface area contributed by atoms with Gasteiger partial charge >= 0.3 is 0 Å². The van der Waals surface area contributed by atoms with Gasteiger partial charge in [-0.1, -0.05) is 12.1 Å². The van der Waals surface area contributed by atoms with Crippen LogP contribution in [0.1, 0.15) is 29.1 Å². The lowest BCUT2D eigenvalue weighted by Gasteiger charge is -2.31. The third-order valence-corrected chi connectivity index (χ3v) is 5.88. The summed E-state index contributed by atoms with van der Waals surface area (Å²) in [7, 11) is 0. The first-order valence-electron chi connectivity index (χ1n) is 9.98. The highest BCUT2D eigenvalue weighted by atomic mass is 32.1. The molecule has 0 bridgehead atoms. The molecule has 0 spiro atoms. The van der Waals surface area contributed by atoms with Gasteiger partial charge in [-0.3, -0.25) is 20.0 Å². The summed E-state index contributed by atoms with van der Waals surface area (Å²) >= 11 is 1.14. The lowest BCUT2D eigenvalue weighted by Crippen LogP contribution is -2.43. The van der Waals surface area contributed by atoms with Crippen molar-refractivity contribution in [3.8, 4) is 16.9 Å². The maximum Gasteiger partial charge on any atom is 0.293 e. The molecule has 1 fully saturated rings. The minimum Gasteiger partial charge on any atom is -0.456 e. The monoisotopic (exact) mass is 446 g/mol. The summed E-state index contributed by atoms with van der Waals surface area (Å²) in [4.78, 5) is 23.2. The summed E-state index contributed by atoms with van der Waals surface area (Å²) in [6, 6.07) is 8.39. The molecule has 1 aromatic carbocycles. The number of amides is 1. The van der Waals surface area contributed by atoms with Crippen LogP contribution in [-0.2, 0) is 11.2 Å². The molecule has 1 saturated heterocycles. The van der Waals surface area contributed by atoms with Crippen molar-refractivity contribution in [3.05, 3.63) is 47.7 Å². The number of hydrogen-bond donors (Lipinski definition) is 1. The Hall–Kier alpha value is -2.82. The van der Waals surface area contributed by atoms with Gasteiger partial charge < -0.3 is 9.15 Å². The van der Waals surface area contributed by atoms with Gasteiger partial charge in [0.1, 0.15) is 11.6 Å². The first-order chi connectivity index (χ1) is 15.0. The van der Waals surface area contributed by atoms with E-state index in [0.29, 0.717) is 40.3 Å². The summed E-state index contributed by atoms with van der Waals surface area (Å²) in [6.07, 6.45) is 0.698. The molecular formula is C21H23FN4O4S. The smallest absolute Gasteiger partial charge is 0.293 e. The van der Waals surface area contributed by atoms with Gasteiger partial charge in [-0.15, -0.1) is 0 Å². The van der Waals surface area contributed by atoms with Gasteiger partial charge in [-0.25, -0.2) is 4.98 Å². The van der Waals surface area contributed by atoms with Crippen LogP contribution in [0.2, 0.25) is 0 Å². The SMILES string of the molecule is Cc1oc(C(=O)Nc2nc(CC(C)N3CCOCC3)ns2)cc1-c1cccc(OF)c1. The number of carbonyl (C=O) groups excluding carboxylic acids is 1. The van der Waals surface area contributed by atoms with Crippen molar-refractivity contribution in [2.75, 3.05) is 31.6 Å². The van der Waals surface area contributed by atoms with E-state index in [1.54, 1.807) is 25.1 Å². The summed E-state index contributed by atoms with van der Waals surface area (Å²) < 4.78 is 27.9. The molecule has 164 valence electrons. The Morgan fingerprint density at radius 2 is 2.16 bits per heavy atom. The number of aromatic nitrogens is 2. The molecule has 0 aliphatic carbocycles. The van der Waals surface area contributed by atoms with Gasteiger partial charge in [0, 0.05) is 47.2 Å². The van der Waals surface area contributed by atoms with Crippen molar-refractivity contribution >= 4 is 22.6 Å². The maximum absolute atomic E-state index is 12.6. The average Bonchev–Trinajstić information content (AvgIpc) is 3.40. The van der Waals surface area contributed by atoms with Gasteiger partial charge in [0.05, 0.1) is 13.2 Å². The number of carbonyl (C=O) groups is 1. The number of morpholine rings is 1. The molecule has 3 aromatic rings. The standard InChI is InChI=1S/C21H23FN4O4S/c1-13(26-6-8-28-9-7-26)10-19-23-21(31-25-19)24-20(27)18-12-17(14(2)29-18)15-4-3-5-16(11-15)30-22/h3-5,11-13H,6-10H2,1-2H3,(H,23,24,25,27). The summed E-state index contributed by atoms with van der Waals surface area (Å²) in [6.45, 7) is 7.16. The maximum atomic E-state index is 12.6. The Bertz CT molecular complexity index is 1050. The number of benzene rings is 1. The van der Waals surface area contributed by atoms with Gasteiger partial charge in [0.15, 0.2) is 11.5 Å². The lowest BCUT2D eigenvalue weighted by molar-refractivity contribution is -0.00614. The molecule has 2 aromatic heterocycles. The van der Waals surface area contributed by atoms with E-state index < -0.39 is 5.91 Å². The number of furan rings is 1. The molecular weight excluding hydrogens is 423 g/mol. The number of halogens is 1. The Kier molecular flexibility index (Phi) is 6.59. The van der Waals surface area contributed by atoms with Crippen molar-refractivity contribution < 1.29 is 23.4 Å². The van der Waals surface area contributed by atoms with Gasteiger partial charge in [-0.2, -0.15) is 4.37 Å². The van der Waals surface area contributed by atoms with Crippen LogP contribution in [0.25, 0.3) is 11.1 Å². The second-order valence-electron chi connectivity index (χ2n) is 7.36. The van der Waals surface area contributed by atoms with E-state index in [0.717, 1.165) is 37.8 Å². The van der Waals surface area contributed by atoms with Gasteiger partial charge in [0.2, 0.25) is 5.13 Å². The van der Waals surface area contributed by atoms with Crippen LogP contribution in [0, 0.1) is 6.92 Å². The first kappa shape index (κ1) is 21.4. The average molecular weight is 447 g/mol. The molecule has 8 nitrogen and oxygen atoms in total. The number of rotatable bonds is 7. The van der Waals surface area contributed by atoms with Crippen molar-refractivity contribution in [2.45, 2.75) is 26.3 Å². The van der Waals surface area contributed by atoms with Crippen molar-refractivity contribution in [3.63, 3.8) is 0 Å². The molecule has 3 heterocycles. The van der Waals surface area contributed by atoms with E-state index in [2.05, 4.69) is 31.4 Å². The molecule has 4 rings (SSSR count). The molecule has 1 aliphatic heterocycles. The zero-order valence-corrected chi connectivity index (χ0v) is 18.1. The van der Waals surface area contributed by atoms with E-state index in [1.165, 1.54) is 12.1 Å². The fourth-order valence-electron chi connectivity index (χ4n) is 3.55. The number of nitrogens with zero attached hydrogens (tertiary/aromatic N) is 3. The topological polar surface area (TPSA) is 89.7 Å². The van der Waals surface area contributed by atoms with Crippen molar-refractivity contribution in [1.29, 1.82) is 0 Å². The fraction of sp³-hybridized carbons (Fsp3) is 0.381. The van der Waals surface area contributed by atoms with Crippen LogP contribution in [0.3, 0.4) is 0 Å². The molecule has 10 heteroatoms. The highest BCUT2D eigenvalue weighted by molar-refractivity contribution is 7.09. The largest absolute Gasteiger partial charge is 0.456 e. The van der Waals surface area contributed by atoms with Crippen LogP contribution in [0.4, 0.5) is 9.66 Å². The minimum absolute atomic E-state index is 0.0804. The van der Waals surface area contributed by atoms with Crippen molar-refractivity contribution in [1.82, 2.24) is 14.3 Å². The third-order valence-electron chi connectivity index (χ3n) is 5.21. The Morgan fingerprint density at radius 3 is 2.94 bits per heavy atom. The minimum atomic E-state index is -0.420. The van der Waals surface area contributed by atoms with E-state index in [1.807, 2.05) is 0 Å². The van der Waals surface area contributed by atoms with Crippen molar-refractivity contribution in [2.24, 2.45) is 0 Å². The summed E-state index contributed by atoms with van der Waals surface area (Å²) in [5, 5.41) is 3.15. The van der Waals surface area contributed by atoms with Gasteiger partial charge in [-0.05, 0) is 37.6 Å². The van der Waals surface area contributed by atoms with Gasteiger partial charge in [0.25, 0.3) is 5.91 Å². The molecule has 0 saturated carbocycles. The highest BCUT2D eigenvalue weighted by Gasteiger charge is 2.21. The van der Waals surface area contributed by atoms with Crippen LogP contribution in [0.5, 0.6) is 5.75 Å². The normalized spacial score (nSPS) is 15.6. The van der Waals surface area contributed by atoms with Crippen LogP contribution in [-0.4, -0.2) is 52.5 Å². The fourth-order valence-corrected chi connectivity index (χ4v) is 4.14. The number of aryl methyl sites for hydroxylation is 1. The summed E-state index contributed by atoms with van der Waals surface area (Å²) in [5.41, 5.74) is 1.37. The van der Waals surface area contributed by atoms with E-state index in [4.69, 9.17) is 9.15 Å². The number of anilines is 1. The zero-order valence-electron chi connectivity index (χ0n) is 17.3. The number of hydrogen-bond acceptors (Lipinski definition) is 8. The third kappa shape index (κ3) is 5.09. The van der Waals surface area contributed by atoms with E-state index in [-0.39, 0.29) is 11.5 Å². The predicted octanol–water partition coefficient (Wildman–Crippen LogP) is 3.89. The second-order valence-corrected chi connectivity index (χ2v) is 8.11. The highest BCUT2D eigenvalue weighted by Crippen LogP contribution is 2.30. The Balaban J connectivity index is 1.41. The molecule has 1 N–H and O–H groups in total. The Labute approximate surface area is 183 Å². The zero-order chi connectivity index (χ0) is 21.8. The summed E-state index contributed by atoms with van der Waals surface area (Å²) in [5.74, 6) is 1.03. The predicted molar refractivity (Wildman–Crippen MR) is 114 cm³/mol. The van der Waals surface area contributed by atoms with Crippen LogP contribution < -0.4 is 10.3 Å². The second kappa shape index (κ2) is 9.54. The first-order valence-corrected chi connectivity index (χ1v) is 10.8. The van der Waals surface area contributed by atoms with E-state index >= 15 is 0 Å². The van der Waals surface area contributed by atoms with Crippen LogP contribution >= 0.6 is 11.5 Å². The molecule has 1 unspecified atom stereocenters. The Morgan fingerprint density at radius 1 is 1.35 bits per heavy atom. The number of ether oxygens (including phenoxy) is 1. The molecule has 0 radical (unpaired) electrons. The molecule has 1 amide bonds. The molecule has 31 heavy (non-hydrogen) atoms. The van der Waals surface area contributed by atoms with Crippen LogP contribution in [0.15, 0.2) is 34.7 Å². The molecule has 1 aliphatic rings. The lowest BCUT2D eigenvalue weighted by atomic mass is 10.1. The number of nitrogens with one attached hydrogen (secondary N) is 1.